The van der Waals surface area contributed by atoms with Crippen LogP contribution in [0.15, 0.2) is 79.1 Å². The highest BCUT2D eigenvalue weighted by molar-refractivity contribution is 6.01. The van der Waals surface area contributed by atoms with E-state index in [0.29, 0.717) is 0 Å². The van der Waals surface area contributed by atoms with Crippen LogP contribution in [-0.4, -0.2) is 17.1 Å². The van der Waals surface area contributed by atoms with Crippen LogP contribution in [0.5, 0.6) is 0 Å². The van der Waals surface area contributed by atoms with E-state index in [9.17, 15) is 9.18 Å². The predicted octanol–water partition coefficient (Wildman–Crippen LogP) is 5.55. The molecule has 1 atom stereocenters. The number of rotatable bonds is 2. The number of urea groups is 1. The highest BCUT2D eigenvalue weighted by Gasteiger charge is 2.48. The predicted molar refractivity (Wildman–Crippen MR) is 128 cm³/mol. The zero-order chi connectivity index (χ0) is 22.4. The Kier molecular flexibility index (Phi) is 4.64. The van der Waals surface area contributed by atoms with Gasteiger partial charge in [-0.1, -0.05) is 42.5 Å². The van der Waals surface area contributed by atoms with Crippen molar-refractivity contribution in [1.29, 1.82) is 0 Å². The van der Waals surface area contributed by atoms with Gasteiger partial charge in [-0.05, 0) is 72.2 Å². The Morgan fingerprint density at radius 2 is 1.79 bits per heavy atom. The van der Waals surface area contributed by atoms with E-state index >= 15 is 0 Å². The number of carbonyl (C=O) groups excluding carboxylic acids is 1. The Bertz CT molecular complexity index is 1350. The molecule has 33 heavy (non-hydrogen) atoms. The molecule has 2 aliphatic carbocycles. The Morgan fingerprint density at radius 3 is 2.61 bits per heavy atom. The molecule has 6 rings (SSSR count). The first-order valence-corrected chi connectivity index (χ1v) is 11.4. The first kappa shape index (κ1) is 19.9. The first-order chi connectivity index (χ1) is 16.1. The summed E-state index contributed by atoms with van der Waals surface area (Å²) in [7, 11) is 0. The van der Waals surface area contributed by atoms with Gasteiger partial charge in [0.05, 0.1) is 5.69 Å². The maximum atomic E-state index is 14.0. The molecule has 5 heteroatoms. The van der Waals surface area contributed by atoms with E-state index in [-0.39, 0.29) is 23.3 Å². The van der Waals surface area contributed by atoms with E-state index in [1.807, 2.05) is 30.3 Å². The summed E-state index contributed by atoms with van der Waals surface area (Å²) in [6, 6.07) is 21.1. The van der Waals surface area contributed by atoms with Gasteiger partial charge in [-0.2, -0.15) is 0 Å². The van der Waals surface area contributed by atoms with E-state index in [4.69, 9.17) is 0 Å². The lowest BCUT2D eigenvalue weighted by atomic mass is 9.65. The second kappa shape index (κ2) is 7.69. The second-order valence-corrected chi connectivity index (χ2v) is 9.17. The topological polar surface area (TPSA) is 54.0 Å². The van der Waals surface area contributed by atoms with Crippen LogP contribution in [0, 0.1) is 5.82 Å². The van der Waals surface area contributed by atoms with Gasteiger partial charge in [0.15, 0.2) is 0 Å². The fourth-order valence-corrected chi connectivity index (χ4v) is 5.86. The highest BCUT2D eigenvalue weighted by Crippen LogP contribution is 2.47. The van der Waals surface area contributed by atoms with Crippen molar-refractivity contribution < 1.29 is 9.18 Å². The second-order valence-electron chi connectivity index (χ2n) is 9.17. The summed E-state index contributed by atoms with van der Waals surface area (Å²) in [4.78, 5) is 17.4. The largest absolute Gasteiger partial charge is 0.334 e. The number of nitrogens with one attached hydrogen (secondary N) is 2. The Balaban J connectivity index is 1.33. The van der Waals surface area contributed by atoms with Crippen LogP contribution < -0.4 is 10.6 Å². The molecule has 3 aromatic carbocycles. The smallest absolute Gasteiger partial charge is 0.319 e. The minimum Gasteiger partial charge on any atom is -0.334 e. The van der Waals surface area contributed by atoms with Gasteiger partial charge in [-0.3, -0.25) is 4.98 Å². The zero-order valence-electron chi connectivity index (χ0n) is 18.1. The van der Waals surface area contributed by atoms with Gasteiger partial charge >= 0.3 is 6.03 Å². The summed E-state index contributed by atoms with van der Waals surface area (Å²) >= 11 is 0. The average molecular weight is 438 g/mol. The van der Waals surface area contributed by atoms with Crippen LogP contribution in [0.3, 0.4) is 0 Å². The lowest BCUT2D eigenvalue weighted by Gasteiger charge is -2.43. The van der Waals surface area contributed by atoms with Crippen molar-refractivity contribution in [2.75, 3.05) is 5.32 Å². The zero-order valence-corrected chi connectivity index (χ0v) is 18.1. The summed E-state index contributed by atoms with van der Waals surface area (Å²) < 4.78 is 14.0. The third-order valence-corrected chi connectivity index (χ3v) is 7.34. The molecule has 164 valence electrons. The van der Waals surface area contributed by atoms with Gasteiger partial charge in [0.1, 0.15) is 5.82 Å². The summed E-state index contributed by atoms with van der Waals surface area (Å²) in [6.45, 7) is 0. The van der Waals surface area contributed by atoms with Crippen LogP contribution in [-0.2, 0) is 24.7 Å². The summed E-state index contributed by atoms with van der Waals surface area (Å²) in [6.07, 6.45) is 6.72. The average Bonchev–Trinajstić information content (AvgIpc) is 3.21. The van der Waals surface area contributed by atoms with Crippen molar-refractivity contribution in [3.05, 3.63) is 107 Å². The maximum absolute atomic E-state index is 14.0. The molecule has 0 radical (unpaired) electrons. The van der Waals surface area contributed by atoms with Gasteiger partial charge in [0.2, 0.25) is 0 Å². The van der Waals surface area contributed by atoms with Crippen molar-refractivity contribution in [1.82, 2.24) is 10.3 Å². The van der Waals surface area contributed by atoms with Crippen LogP contribution in [0.4, 0.5) is 14.9 Å². The van der Waals surface area contributed by atoms with Crippen LogP contribution >= 0.6 is 0 Å². The third kappa shape index (κ3) is 3.35. The number of hydrogen-bond acceptors (Lipinski definition) is 2. The van der Waals surface area contributed by atoms with Gasteiger partial charge in [0.25, 0.3) is 0 Å². The van der Waals surface area contributed by atoms with E-state index in [1.165, 1.54) is 11.1 Å². The summed E-state index contributed by atoms with van der Waals surface area (Å²) in [5.74, 6) is -0.200. The van der Waals surface area contributed by atoms with Crippen LogP contribution in [0.2, 0.25) is 0 Å². The number of nitrogens with zero attached hydrogens (tertiary/aromatic N) is 1. The minimum atomic E-state index is -0.273. The number of halogens is 1. The monoisotopic (exact) mass is 437 g/mol. The standard InChI is InChI=1S/C28H24FN3O/c29-22-9-10-24-18(14-22)8-11-26(28(24)15-19-4-1-2-5-20(19)16-28)32-27(33)31-25-7-3-6-21-17-30-13-12-23(21)25/h1-7,9-10,12-14,17,26H,8,11,15-16H2,(H2,31,32,33)/t26-/m0/s1. The molecule has 0 fully saturated rings. The summed E-state index contributed by atoms with van der Waals surface area (Å²) in [5.41, 5.74) is 5.32. The SMILES string of the molecule is O=C(Nc1cccc2cnccc12)N[C@H]1CCc2cc(F)ccc2C12Cc1ccccc1C2. The molecule has 4 aromatic rings. The van der Waals surface area contributed by atoms with Crippen molar-refractivity contribution in [2.45, 2.75) is 37.1 Å². The Morgan fingerprint density at radius 1 is 0.970 bits per heavy atom. The molecular weight excluding hydrogens is 413 g/mol. The molecule has 2 aliphatic rings. The number of pyridine rings is 1. The number of carbonyl (C=O) groups is 1. The Labute approximate surface area is 191 Å². The van der Waals surface area contributed by atoms with Crippen molar-refractivity contribution in [3.8, 4) is 0 Å². The van der Waals surface area contributed by atoms with Gasteiger partial charge < -0.3 is 10.6 Å². The van der Waals surface area contributed by atoms with Crippen LogP contribution in [0.25, 0.3) is 10.8 Å². The summed E-state index contributed by atoms with van der Waals surface area (Å²) in [5, 5.41) is 8.28. The first-order valence-electron chi connectivity index (χ1n) is 11.4. The minimum absolute atomic E-state index is 0.0560. The molecule has 0 saturated carbocycles. The molecule has 0 aliphatic heterocycles. The molecule has 1 aromatic heterocycles. The molecule has 0 bridgehead atoms. The molecule has 0 unspecified atom stereocenters. The lowest BCUT2D eigenvalue weighted by Crippen LogP contribution is -2.55. The maximum Gasteiger partial charge on any atom is 0.319 e. The number of hydrogen-bond donors (Lipinski definition) is 2. The molecular formula is C28H24FN3O. The lowest BCUT2D eigenvalue weighted by molar-refractivity contribution is 0.228. The number of aromatic nitrogens is 1. The molecule has 2 N–H and O–H groups in total. The number of fused-ring (bicyclic) bond motifs is 4. The number of amides is 2. The van der Waals surface area contributed by atoms with Gasteiger partial charge in [-0.15, -0.1) is 0 Å². The molecule has 1 spiro atoms. The Hall–Kier alpha value is -3.73. The number of anilines is 1. The normalized spacial score (nSPS) is 18.0. The molecule has 2 amide bonds. The fraction of sp³-hybridized carbons (Fsp3) is 0.214. The van der Waals surface area contributed by atoms with E-state index in [1.54, 1.807) is 24.5 Å². The van der Waals surface area contributed by atoms with Crippen molar-refractivity contribution in [3.63, 3.8) is 0 Å². The van der Waals surface area contributed by atoms with Crippen LogP contribution in [0.1, 0.15) is 28.7 Å². The van der Waals surface area contributed by atoms with E-state index < -0.39 is 0 Å². The van der Waals surface area contributed by atoms with E-state index in [2.05, 4.69) is 39.9 Å². The molecule has 1 heterocycles. The third-order valence-electron chi connectivity index (χ3n) is 7.34. The van der Waals surface area contributed by atoms with Crippen molar-refractivity contribution >= 4 is 22.5 Å². The molecule has 0 saturated heterocycles. The van der Waals surface area contributed by atoms with Crippen molar-refractivity contribution in [2.24, 2.45) is 0 Å². The van der Waals surface area contributed by atoms with Gasteiger partial charge in [0, 0.05) is 34.6 Å². The number of aryl methyl sites for hydroxylation is 1. The highest BCUT2D eigenvalue weighted by atomic mass is 19.1. The van der Waals surface area contributed by atoms with E-state index in [0.717, 1.165) is 53.3 Å². The fourth-order valence-electron chi connectivity index (χ4n) is 5.86. The molecule has 4 nitrogen and oxygen atoms in total. The quantitative estimate of drug-likeness (QED) is 0.432. The van der Waals surface area contributed by atoms with Gasteiger partial charge in [-0.25, -0.2) is 9.18 Å². The number of benzene rings is 3.